The molecule has 2 aliphatic carbocycles. The molecule has 1 N–H and O–H groups in total. The molecule has 0 amide bonds. The zero-order chi connectivity index (χ0) is 24.2. The minimum absolute atomic E-state index is 0.00673. The van der Waals surface area contributed by atoms with Crippen molar-refractivity contribution < 1.29 is 9.47 Å². The van der Waals surface area contributed by atoms with Crippen molar-refractivity contribution in [1.82, 2.24) is 5.32 Å². The second-order valence-corrected chi connectivity index (χ2v) is 10.9. The Morgan fingerprint density at radius 2 is 1.83 bits per heavy atom. The van der Waals surface area contributed by atoms with Gasteiger partial charge >= 0.3 is 0 Å². The fourth-order valence-corrected chi connectivity index (χ4v) is 6.78. The van der Waals surface area contributed by atoms with Gasteiger partial charge in [0.1, 0.15) is 5.75 Å². The van der Waals surface area contributed by atoms with Gasteiger partial charge in [-0.1, -0.05) is 48.1 Å². The Bertz CT molecular complexity index is 1220. The van der Waals surface area contributed by atoms with Crippen LogP contribution in [0.3, 0.4) is 0 Å². The van der Waals surface area contributed by atoms with Crippen LogP contribution in [0, 0.1) is 5.92 Å². The number of morpholine rings is 1. The van der Waals surface area contributed by atoms with Gasteiger partial charge in [0.15, 0.2) is 0 Å². The Balaban J connectivity index is 1.47. The Hall–Kier alpha value is -2.82. The third kappa shape index (κ3) is 3.93. The zero-order valence-corrected chi connectivity index (χ0v) is 21.3. The van der Waals surface area contributed by atoms with Crippen molar-refractivity contribution in [3.05, 3.63) is 88.5 Å². The van der Waals surface area contributed by atoms with Crippen LogP contribution in [0.15, 0.2) is 71.8 Å². The predicted molar refractivity (Wildman–Crippen MR) is 143 cm³/mol. The van der Waals surface area contributed by atoms with Crippen LogP contribution in [-0.2, 0) is 11.2 Å². The Labute approximate surface area is 209 Å². The van der Waals surface area contributed by atoms with Gasteiger partial charge in [-0.25, -0.2) is 0 Å². The van der Waals surface area contributed by atoms with Crippen LogP contribution in [0.4, 0.5) is 5.69 Å². The van der Waals surface area contributed by atoms with Gasteiger partial charge in [0.05, 0.1) is 20.3 Å². The Morgan fingerprint density at radius 1 is 1.06 bits per heavy atom. The number of anilines is 1. The molecule has 182 valence electrons. The van der Waals surface area contributed by atoms with Crippen LogP contribution in [0.25, 0.3) is 5.57 Å². The lowest BCUT2D eigenvalue weighted by molar-refractivity contribution is 0.122. The molecule has 4 nitrogen and oxygen atoms in total. The lowest BCUT2D eigenvalue weighted by atomic mass is 9.64. The molecular weight excluding hydrogens is 432 g/mol. The highest BCUT2D eigenvalue weighted by Crippen LogP contribution is 2.52. The third-order valence-electron chi connectivity index (χ3n) is 8.17. The number of rotatable bonds is 3. The van der Waals surface area contributed by atoms with Crippen LogP contribution in [0.5, 0.6) is 5.75 Å². The van der Waals surface area contributed by atoms with Crippen molar-refractivity contribution >= 4 is 11.3 Å². The number of hydrogen-bond acceptors (Lipinski definition) is 4. The summed E-state index contributed by atoms with van der Waals surface area (Å²) >= 11 is 0. The Morgan fingerprint density at radius 3 is 2.57 bits per heavy atom. The highest BCUT2D eigenvalue weighted by Gasteiger charge is 2.42. The second-order valence-electron chi connectivity index (χ2n) is 10.9. The van der Waals surface area contributed by atoms with E-state index in [2.05, 4.69) is 91.7 Å². The summed E-state index contributed by atoms with van der Waals surface area (Å²) in [5.74, 6) is 1.67. The smallest absolute Gasteiger partial charge is 0.126 e. The fourth-order valence-electron chi connectivity index (χ4n) is 6.78. The molecule has 0 spiro atoms. The van der Waals surface area contributed by atoms with E-state index in [9.17, 15) is 0 Å². The molecule has 0 saturated carbocycles. The molecule has 4 aliphatic rings. The third-order valence-corrected chi connectivity index (χ3v) is 8.17. The van der Waals surface area contributed by atoms with Gasteiger partial charge in [-0.2, -0.15) is 0 Å². The van der Waals surface area contributed by atoms with Gasteiger partial charge in [0, 0.05) is 47.8 Å². The first-order chi connectivity index (χ1) is 16.9. The summed E-state index contributed by atoms with van der Waals surface area (Å²) < 4.78 is 11.4. The van der Waals surface area contributed by atoms with Crippen LogP contribution in [0.2, 0.25) is 0 Å². The lowest BCUT2D eigenvalue weighted by Crippen LogP contribution is -2.53. The first-order valence-electron chi connectivity index (χ1n) is 12.9. The summed E-state index contributed by atoms with van der Waals surface area (Å²) in [7, 11) is 1.79. The van der Waals surface area contributed by atoms with Crippen molar-refractivity contribution in [2.24, 2.45) is 5.92 Å². The van der Waals surface area contributed by atoms with Gasteiger partial charge in [-0.15, -0.1) is 0 Å². The number of benzene rings is 2. The van der Waals surface area contributed by atoms with Gasteiger partial charge in [-0.3, -0.25) is 0 Å². The highest BCUT2D eigenvalue weighted by molar-refractivity contribution is 5.87. The first kappa shape index (κ1) is 22.6. The largest absolute Gasteiger partial charge is 0.496 e. The summed E-state index contributed by atoms with van der Waals surface area (Å²) in [5.41, 5.74) is 9.68. The fraction of sp³-hybridized carbons (Fsp3) is 0.419. The Kier molecular flexibility index (Phi) is 5.62. The van der Waals surface area contributed by atoms with Crippen molar-refractivity contribution in [1.29, 1.82) is 0 Å². The van der Waals surface area contributed by atoms with Crippen LogP contribution in [-0.4, -0.2) is 45.0 Å². The van der Waals surface area contributed by atoms with Gasteiger partial charge < -0.3 is 19.7 Å². The maximum atomic E-state index is 5.87. The number of methoxy groups -OCH3 is 1. The predicted octanol–water partition coefficient (Wildman–Crippen LogP) is 5.51. The van der Waals surface area contributed by atoms with Gasteiger partial charge in [0.2, 0.25) is 0 Å². The molecule has 0 radical (unpaired) electrons. The van der Waals surface area contributed by atoms with Crippen molar-refractivity contribution in [2.75, 3.05) is 38.3 Å². The molecule has 3 atom stereocenters. The maximum Gasteiger partial charge on any atom is 0.126 e. The van der Waals surface area contributed by atoms with E-state index in [0.717, 1.165) is 38.5 Å². The average Bonchev–Trinajstić information content (AvgIpc) is 2.87. The minimum Gasteiger partial charge on any atom is -0.496 e. The topological polar surface area (TPSA) is 33.7 Å². The summed E-state index contributed by atoms with van der Waals surface area (Å²) in [6.07, 6.45) is 8.15. The van der Waals surface area contributed by atoms with Crippen LogP contribution in [0.1, 0.15) is 43.4 Å². The molecule has 35 heavy (non-hydrogen) atoms. The number of allylic oxidation sites excluding steroid dienone is 2. The zero-order valence-electron chi connectivity index (χ0n) is 21.3. The van der Waals surface area contributed by atoms with E-state index < -0.39 is 0 Å². The SMILES string of the molecule is COc1cccc2c1C1=C(C(c3ccc(N4CCOCC4)cc3)C2)C2C(C)=CC(C)(C)NC2C=C1. The molecule has 4 heteroatoms. The summed E-state index contributed by atoms with van der Waals surface area (Å²) in [4.78, 5) is 2.43. The number of ether oxygens (including phenoxy) is 2. The van der Waals surface area contributed by atoms with Crippen molar-refractivity contribution in [3.63, 3.8) is 0 Å². The molecule has 3 unspecified atom stereocenters. The molecule has 0 bridgehead atoms. The van der Waals surface area contributed by atoms with E-state index in [1.165, 1.54) is 39.1 Å². The molecule has 2 aromatic rings. The normalized spacial score (nSPS) is 27.0. The summed E-state index contributed by atoms with van der Waals surface area (Å²) in [5, 5.41) is 3.89. The van der Waals surface area contributed by atoms with Crippen molar-refractivity contribution in [2.45, 2.75) is 44.7 Å². The molecule has 2 aromatic carbocycles. The van der Waals surface area contributed by atoms with Crippen LogP contribution < -0.4 is 15.0 Å². The highest BCUT2D eigenvalue weighted by atomic mass is 16.5. The molecule has 6 rings (SSSR count). The number of nitrogens with zero attached hydrogens (tertiary/aromatic N) is 1. The quantitative estimate of drug-likeness (QED) is 0.603. The van der Waals surface area contributed by atoms with E-state index in [4.69, 9.17) is 9.47 Å². The summed E-state index contributed by atoms with van der Waals surface area (Å²) in [6.45, 7) is 10.4. The first-order valence-corrected chi connectivity index (χ1v) is 12.9. The molecule has 2 heterocycles. The molecule has 1 fully saturated rings. The monoisotopic (exact) mass is 468 g/mol. The summed E-state index contributed by atoms with van der Waals surface area (Å²) in [6, 6.07) is 16.2. The number of hydrogen-bond donors (Lipinski definition) is 1. The van der Waals surface area contributed by atoms with Gasteiger partial charge in [0.25, 0.3) is 0 Å². The van der Waals surface area contributed by atoms with E-state index in [1.54, 1.807) is 7.11 Å². The number of fused-ring (bicyclic) bond motifs is 4. The number of nitrogens with one attached hydrogen (secondary N) is 1. The average molecular weight is 469 g/mol. The molecule has 2 aliphatic heterocycles. The standard InChI is InChI=1S/C31H36N2O2/c1-20-19-31(2,3)32-26-13-12-24-29-22(6-5-7-27(29)34-4)18-25(30(24)28(20)26)21-8-10-23(11-9-21)33-14-16-35-17-15-33/h5-13,19,25-26,28,32H,14-18H2,1-4H3. The van der Waals surface area contributed by atoms with Gasteiger partial charge in [-0.05, 0) is 67.7 Å². The van der Waals surface area contributed by atoms with E-state index >= 15 is 0 Å². The minimum atomic E-state index is -0.00673. The molecule has 0 aromatic heterocycles. The van der Waals surface area contributed by atoms with E-state index in [0.29, 0.717) is 17.9 Å². The van der Waals surface area contributed by atoms with E-state index in [1.807, 2.05) is 0 Å². The maximum absolute atomic E-state index is 5.87. The molecular formula is C31H36N2O2. The second kappa shape index (κ2) is 8.69. The van der Waals surface area contributed by atoms with E-state index in [-0.39, 0.29) is 5.54 Å². The van der Waals surface area contributed by atoms with Crippen LogP contribution >= 0.6 is 0 Å². The molecule has 1 saturated heterocycles. The van der Waals surface area contributed by atoms with Crippen molar-refractivity contribution in [3.8, 4) is 5.75 Å². The lowest BCUT2D eigenvalue weighted by Gasteiger charge is -2.46.